The van der Waals surface area contributed by atoms with E-state index in [-0.39, 0.29) is 5.91 Å². The lowest BCUT2D eigenvalue weighted by Crippen LogP contribution is -2.49. The third kappa shape index (κ3) is 3.90. The van der Waals surface area contributed by atoms with Crippen LogP contribution in [0.4, 0.5) is 0 Å². The second-order valence-corrected chi connectivity index (χ2v) is 6.53. The molecular weight excluding hydrogens is 307 g/mol. The molecule has 2 rings (SSSR count). The number of carbonyl (C=O) groups excluding carboxylic acids is 1. The highest BCUT2D eigenvalue weighted by Gasteiger charge is 2.36. The molecule has 0 heterocycles. The number of hydrogen-bond donors (Lipinski definition) is 1. The highest BCUT2D eigenvalue weighted by atomic mass is 35.5. The summed E-state index contributed by atoms with van der Waals surface area (Å²) in [5.41, 5.74) is -0.378. The molecule has 0 atom stereocenters. The minimum Gasteiger partial charge on any atom is -0.334 e. The van der Waals surface area contributed by atoms with Gasteiger partial charge in [-0.3, -0.25) is 4.79 Å². The third-order valence-corrected chi connectivity index (χ3v) is 4.66. The Morgan fingerprint density at radius 3 is 2.38 bits per heavy atom. The van der Waals surface area contributed by atoms with Gasteiger partial charge in [-0.2, -0.15) is 5.26 Å². The van der Waals surface area contributed by atoms with Crippen molar-refractivity contribution in [3.8, 4) is 6.07 Å². The molecule has 1 N–H and O–H groups in total. The van der Waals surface area contributed by atoms with E-state index in [1.165, 1.54) is 0 Å². The smallest absolute Gasteiger partial charge is 0.252 e. The van der Waals surface area contributed by atoms with Gasteiger partial charge >= 0.3 is 0 Å². The van der Waals surface area contributed by atoms with E-state index in [1.807, 2.05) is 0 Å². The summed E-state index contributed by atoms with van der Waals surface area (Å²) in [5, 5.41) is 13.2. The third-order valence-electron chi connectivity index (χ3n) is 4.23. The fourth-order valence-electron chi connectivity index (χ4n) is 2.82. The fraction of sp³-hybridized carbons (Fsp3) is 0.500. The van der Waals surface area contributed by atoms with E-state index in [4.69, 9.17) is 23.2 Å². The number of amides is 1. The van der Waals surface area contributed by atoms with Crippen LogP contribution in [0.15, 0.2) is 18.2 Å². The van der Waals surface area contributed by atoms with Crippen molar-refractivity contribution in [2.45, 2.75) is 44.6 Å². The monoisotopic (exact) mass is 324 g/mol. The molecule has 1 aromatic rings. The molecule has 1 fully saturated rings. The van der Waals surface area contributed by atoms with Crippen molar-refractivity contribution >= 4 is 29.1 Å². The number of rotatable bonds is 3. The summed E-state index contributed by atoms with van der Waals surface area (Å²) in [6.45, 7) is 2.16. The predicted molar refractivity (Wildman–Crippen MR) is 84.5 cm³/mol. The Hall–Kier alpha value is -1.24. The van der Waals surface area contributed by atoms with Gasteiger partial charge in [-0.1, -0.05) is 36.5 Å². The van der Waals surface area contributed by atoms with E-state index in [0.717, 1.165) is 19.3 Å². The van der Waals surface area contributed by atoms with Gasteiger partial charge < -0.3 is 5.32 Å². The number of nitrogens with zero attached hydrogens (tertiary/aromatic N) is 1. The van der Waals surface area contributed by atoms with Crippen LogP contribution in [0.1, 0.15) is 49.4 Å². The molecule has 0 unspecified atom stereocenters. The van der Waals surface area contributed by atoms with Crippen molar-refractivity contribution in [2.24, 2.45) is 5.92 Å². The molecule has 0 aliphatic heterocycles. The molecule has 3 nitrogen and oxygen atoms in total. The van der Waals surface area contributed by atoms with Crippen LogP contribution in [-0.4, -0.2) is 11.4 Å². The normalized spacial score (nSPS) is 25.1. The Balaban J connectivity index is 2.12. The molecule has 21 heavy (non-hydrogen) atoms. The molecule has 0 spiro atoms. The Morgan fingerprint density at radius 2 is 1.90 bits per heavy atom. The number of halogens is 2. The first-order valence-electron chi connectivity index (χ1n) is 7.18. The van der Waals surface area contributed by atoms with E-state index in [9.17, 15) is 10.1 Å². The molecule has 1 saturated carbocycles. The van der Waals surface area contributed by atoms with E-state index in [2.05, 4.69) is 18.3 Å². The van der Waals surface area contributed by atoms with Gasteiger partial charge in [-0.15, -0.1) is 0 Å². The highest BCUT2D eigenvalue weighted by molar-refractivity contribution is 6.35. The number of carbonyl (C=O) groups is 1. The standard InChI is InChI=1S/C16H18Cl2N2O/c1-2-11-3-5-16(10-19,6-4-11)20-15(21)12-7-13(17)9-14(18)8-12/h7-9,11H,2-6H2,1H3,(H,20,21). The van der Waals surface area contributed by atoms with Crippen LogP contribution in [0.3, 0.4) is 0 Å². The van der Waals surface area contributed by atoms with Crippen LogP contribution in [0.5, 0.6) is 0 Å². The van der Waals surface area contributed by atoms with Crippen molar-refractivity contribution in [1.29, 1.82) is 5.26 Å². The Morgan fingerprint density at radius 1 is 1.33 bits per heavy atom. The van der Waals surface area contributed by atoms with Crippen molar-refractivity contribution < 1.29 is 4.79 Å². The topological polar surface area (TPSA) is 52.9 Å². The molecule has 0 radical (unpaired) electrons. The summed E-state index contributed by atoms with van der Waals surface area (Å²) in [5.74, 6) is 0.361. The summed E-state index contributed by atoms with van der Waals surface area (Å²) in [6.07, 6.45) is 4.46. The SMILES string of the molecule is CCC1CCC(C#N)(NC(=O)c2cc(Cl)cc(Cl)c2)CC1. The number of nitrogens with one attached hydrogen (secondary N) is 1. The second-order valence-electron chi connectivity index (χ2n) is 5.66. The highest BCUT2D eigenvalue weighted by Crippen LogP contribution is 2.33. The second kappa shape index (κ2) is 6.68. The minimum atomic E-state index is -0.766. The molecule has 112 valence electrons. The molecule has 1 aliphatic rings. The van der Waals surface area contributed by atoms with Gasteiger partial charge in [0.15, 0.2) is 0 Å². The van der Waals surface area contributed by atoms with Crippen LogP contribution in [0, 0.1) is 17.2 Å². The zero-order valence-electron chi connectivity index (χ0n) is 12.0. The summed E-state index contributed by atoms with van der Waals surface area (Å²) in [6, 6.07) is 6.99. The molecule has 5 heteroatoms. The van der Waals surface area contributed by atoms with Crippen molar-refractivity contribution in [1.82, 2.24) is 5.32 Å². The molecule has 1 aliphatic carbocycles. The molecule has 0 aromatic heterocycles. The van der Waals surface area contributed by atoms with E-state index in [1.54, 1.807) is 18.2 Å². The maximum atomic E-state index is 12.4. The minimum absolute atomic E-state index is 0.295. The Labute approximate surface area is 135 Å². The maximum absolute atomic E-state index is 12.4. The fourth-order valence-corrected chi connectivity index (χ4v) is 3.34. The summed E-state index contributed by atoms with van der Waals surface area (Å²) < 4.78 is 0. The van der Waals surface area contributed by atoms with Crippen molar-refractivity contribution in [3.05, 3.63) is 33.8 Å². The summed E-state index contributed by atoms with van der Waals surface area (Å²) >= 11 is 11.8. The zero-order chi connectivity index (χ0) is 15.5. The maximum Gasteiger partial charge on any atom is 0.252 e. The molecular formula is C16H18Cl2N2O. The van der Waals surface area contributed by atoms with E-state index in [0.29, 0.717) is 34.4 Å². The van der Waals surface area contributed by atoms with Crippen LogP contribution < -0.4 is 5.32 Å². The van der Waals surface area contributed by atoms with E-state index >= 15 is 0 Å². The lowest BCUT2D eigenvalue weighted by Gasteiger charge is -2.35. The van der Waals surface area contributed by atoms with Crippen molar-refractivity contribution in [3.63, 3.8) is 0 Å². The number of nitriles is 1. The first-order chi connectivity index (χ1) is 9.98. The molecule has 1 aromatic carbocycles. The lowest BCUT2D eigenvalue weighted by molar-refractivity contribution is 0.0891. The van der Waals surface area contributed by atoms with Gasteiger partial charge in [0.05, 0.1) is 6.07 Å². The zero-order valence-corrected chi connectivity index (χ0v) is 13.5. The van der Waals surface area contributed by atoms with Crippen LogP contribution in [-0.2, 0) is 0 Å². The summed E-state index contributed by atoms with van der Waals surface area (Å²) in [7, 11) is 0. The molecule has 1 amide bonds. The van der Waals surface area contributed by atoms with Crippen LogP contribution in [0.25, 0.3) is 0 Å². The average Bonchev–Trinajstić information content (AvgIpc) is 2.47. The molecule has 0 bridgehead atoms. The Bertz CT molecular complexity index is 552. The summed E-state index contributed by atoms with van der Waals surface area (Å²) in [4.78, 5) is 12.4. The first kappa shape index (κ1) is 16.1. The van der Waals surface area contributed by atoms with Gasteiger partial charge in [0, 0.05) is 15.6 Å². The van der Waals surface area contributed by atoms with Gasteiger partial charge in [0.1, 0.15) is 5.54 Å². The van der Waals surface area contributed by atoms with Crippen LogP contribution >= 0.6 is 23.2 Å². The van der Waals surface area contributed by atoms with Crippen molar-refractivity contribution in [2.75, 3.05) is 0 Å². The van der Waals surface area contributed by atoms with Gasteiger partial charge in [-0.05, 0) is 49.8 Å². The van der Waals surface area contributed by atoms with Gasteiger partial charge in [0.2, 0.25) is 0 Å². The average molecular weight is 325 g/mol. The number of benzene rings is 1. The van der Waals surface area contributed by atoms with Crippen LogP contribution in [0.2, 0.25) is 10.0 Å². The first-order valence-corrected chi connectivity index (χ1v) is 7.93. The van der Waals surface area contributed by atoms with Gasteiger partial charge in [0.25, 0.3) is 5.91 Å². The predicted octanol–water partition coefficient (Wildman–Crippen LogP) is 4.59. The Kier molecular flexibility index (Phi) is 5.13. The number of hydrogen-bond acceptors (Lipinski definition) is 2. The van der Waals surface area contributed by atoms with E-state index < -0.39 is 5.54 Å². The van der Waals surface area contributed by atoms with Gasteiger partial charge in [-0.25, -0.2) is 0 Å². The quantitative estimate of drug-likeness (QED) is 0.884. The largest absolute Gasteiger partial charge is 0.334 e. The lowest BCUT2D eigenvalue weighted by atomic mass is 9.76. The molecule has 0 saturated heterocycles.